The molecule has 0 aliphatic carbocycles. The van der Waals surface area contributed by atoms with Gasteiger partial charge >= 0.3 is 0 Å². The fraction of sp³-hybridized carbons (Fsp3) is 0.312. The highest BCUT2D eigenvalue weighted by Crippen LogP contribution is 2.12. The van der Waals surface area contributed by atoms with Gasteiger partial charge in [0.2, 0.25) is 5.91 Å². The van der Waals surface area contributed by atoms with E-state index in [1.807, 2.05) is 29.6 Å². The second-order valence-corrected chi connectivity index (χ2v) is 6.73. The SMILES string of the molecule is CCN(CC(=O)NCc1cccs1)Cc1ccc(Br)cc1. The van der Waals surface area contributed by atoms with E-state index in [-0.39, 0.29) is 5.91 Å². The van der Waals surface area contributed by atoms with Crippen molar-refractivity contribution in [3.8, 4) is 0 Å². The van der Waals surface area contributed by atoms with Crippen LogP contribution in [0, 0.1) is 0 Å². The number of nitrogens with zero attached hydrogens (tertiary/aromatic N) is 1. The fourth-order valence-electron chi connectivity index (χ4n) is 1.99. The van der Waals surface area contributed by atoms with Crippen molar-refractivity contribution in [3.05, 3.63) is 56.7 Å². The molecular weight excluding hydrogens is 348 g/mol. The number of rotatable bonds is 7. The summed E-state index contributed by atoms with van der Waals surface area (Å²) in [4.78, 5) is 15.3. The predicted molar refractivity (Wildman–Crippen MR) is 91.3 cm³/mol. The molecule has 2 rings (SSSR count). The van der Waals surface area contributed by atoms with Crippen molar-refractivity contribution in [3.63, 3.8) is 0 Å². The van der Waals surface area contributed by atoms with Crippen LogP contribution in [-0.4, -0.2) is 23.9 Å². The molecule has 0 radical (unpaired) electrons. The first-order valence-electron chi connectivity index (χ1n) is 6.93. The molecule has 0 unspecified atom stereocenters. The van der Waals surface area contributed by atoms with Crippen LogP contribution in [0.1, 0.15) is 17.4 Å². The summed E-state index contributed by atoms with van der Waals surface area (Å²) in [5.74, 6) is 0.0716. The van der Waals surface area contributed by atoms with Gasteiger partial charge in [-0.1, -0.05) is 41.1 Å². The molecule has 0 fully saturated rings. The Bertz CT molecular complexity index is 554. The van der Waals surface area contributed by atoms with E-state index in [1.54, 1.807) is 11.3 Å². The van der Waals surface area contributed by atoms with Gasteiger partial charge in [0, 0.05) is 15.9 Å². The van der Waals surface area contributed by atoms with Crippen LogP contribution in [0.2, 0.25) is 0 Å². The third-order valence-corrected chi connectivity index (χ3v) is 4.58. The summed E-state index contributed by atoms with van der Waals surface area (Å²) in [5.41, 5.74) is 1.21. The summed E-state index contributed by atoms with van der Waals surface area (Å²) >= 11 is 5.09. The molecule has 1 heterocycles. The number of carbonyl (C=O) groups excluding carboxylic acids is 1. The molecule has 2 aromatic rings. The molecule has 5 heteroatoms. The zero-order valence-electron chi connectivity index (χ0n) is 12.0. The molecule has 0 aliphatic heterocycles. The molecule has 0 aliphatic rings. The van der Waals surface area contributed by atoms with Gasteiger partial charge in [0.05, 0.1) is 13.1 Å². The zero-order valence-corrected chi connectivity index (χ0v) is 14.4. The molecule has 1 amide bonds. The maximum absolute atomic E-state index is 12.0. The van der Waals surface area contributed by atoms with Crippen LogP contribution in [0.5, 0.6) is 0 Å². The summed E-state index contributed by atoms with van der Waals surface area (Å²) in [6, 6.07) is 12.2. The largest absolute Gasteiger partial charge is 0.350 e. The van der Waals surface area contributed by atoms with Crippen LogP contribution < -0.4 is 5.32 Å². The first-order chi connectivity index (χ1) is 10.2. The van der Waals surface area contributed by atoms with Gasteiger partial charge in [0.1, 0.15) is 0 Å². The number of amides is 1. The Morgan fingerprint density at radius 1 is 1.29 bits per heavy atom. The number of thiophene rings is 1. The summed E-state index contributed by atoms with van der Waals surface area (Å²) < 4.78 is 1.07. The Balaban J connectivity index is 1.80. The molecule has 0 saturated heterocycles. The van der Waals surface area contributed by atoms with Crippen molar-refractivity contribution >= 4 is 33.2 Å². The Morgan fingerprint density at radius 2 is 2.05 bits per heavy atom. The molecule has 3 nitrogen and oxygen atoms in total. The lowest BCUT2D eigenvalue weighted by Gasteiger charge is -2.20. The normalized spacial score (nSPS) is 10.8. The number of nitrogens with one attached hydrogen (secondary N) is 1. The van der Waals surface area contributed by atoms with Crippen LogP contribution in [0.3, 0.4) is 0 Å². The average Bonchev–Trinajstić information content (AvgIpc) is 3.00. The Hall–Kier alpha value is -1.17. The molecule has 1 aromatic carbocycles. The van der Waals surface area contributed by atoms with Gasteiger partial charge in [-0.05, 0) is 35.7 Å². The van der Waals surface area contributed by atoms with E-state index in [2.05, 4.69) is 45.2 Å². The van der Waals surface area contributed by atoms with Crippen molar-refractivity contribution in [2.24, 2.45) is 0 Å². The van der Waals surface area contributed by atoms with Gasteiger partial charge < -0.3 is 5.32 Å². The zero-order chi connectivity index (χ0) is 15.1. The fourth-order valence-corrected chi connectivity index (χ4v) is 2.89. The minimum absolute atomic E-state index is 0.0716. The van der Waals surface area contributed by atoms with Crippen molar-refractivity contribution in [2.45, 2.75) is 20.0 Å². The second kappa shape index (κ2) is 8.32. The van der Waals surface area contributed by atoms with E-state index in [4.69, 9.17) is 0 Å². The van der Waals surface area contributed by atoms with Crippen molar-refractivity contribution in [2.75, 3.05) is 13.1 Å². The third kappa shape index (κ3) is 5.61. The average molecular weight is 367 g/mol. The maximum Gasteiger partial charge on any atom is 0.234 e. The predicted octanol–water partition coefficient (Wildman–Crippen LogP) is 3.65. The summed E-state index contributed by atoms with van der Waals surface area (Å²) in [7, 11) is 0. The number of likely N-dealkylation sites (N-methyl/N-ethyl adjacent to an activating group) is 1. The van der Waals surface area contributed by atoms with E-state index in [0.29, 0.717) is 13.1 Å². The molecule has 0 spiro atoms. The van der Waals surface area contributed by atoms with Crippen molar-refractivity contribution < 1.29 is 4.79 Å². The van der Waals surface area contributed by atoms with Gasteiger partial charge in [-0.3, -0.25) is 9.69 Å². The monoisotopic (exact) mass is 366 g/mol. The Kier molecular flexibility index (Phi) is 6.42. The highest BCUT2D eigenvalue weighted by atomic mass is 79.9. The van der Waals surface area contributed by atoms with Gasteiger partial charge in [-0.25, -0.2) is 0 Å². The standard InChI is InChI=1S/C16H19BrN2OS/c1-2-19(11-13-5-7-14(17)8-6-13)12-16(20)18-10-15-4-3-9-21-15/h3-9H,2,10-12H2,1H3,(H,18,20). The van der Waals surface area contributed by atoms with Crippen LogP contribution in [-0.2, 0) is 17.9 Å². The lowest BCUT2D eigenvalue weighted by molar-refractivity contribution is -0.122. The second-order valence-electron chi connectivity index (χ2n) is 4.79. The molecule has 1 aromatic heterocycles. The van der Waals surface area contributed by atoms with Gasteiger partial charge in [0.25, 0.3) is 0 Å². The molecule has 0 bridgehead atoms. The van der Waals surface area contributed by atoms with E-state index < -0.39 is 0 Å². The maximum atomic E-state index is 12.0. The van der Waals surface area contributed by atoms with Crippen LogP contribution >= 0.6 is 27.3 Å². The molecule has 21 heavy (non-hydrogen) atoms. The smallest absolute Gasteiger partial charge is 0.234 e. The van der Waals surface area contributed by atoms with E-state index in [1.165, 1.54) is 10.4 Å². The minimum Gasteiger partial charge on any atom is -0.350 e. The van der Waals surface area contributed by atoms with Crippen LogP contribution in [0.4, 0.5) is 0 Å². The van der Waals surface area contributed by atoms with E-state index >= 15 is 0 Å². The quantitative estimate of drug-likeness (QED) is 0.810. The molecular formula is C16H19BrN2OS. The first-order valence-corrected chi connectivity index (χ1v) is 8.60. The van der Waals surface area contributed by atoms with Crippen molar-refractivity contribution in [1.29, 1.82) is 0 Å². The summed E-state index contributed by atoms with van der Waals surface area (Å²) in [5, 5.41) is 4.99. The third-order valence-electron chi connectivity index (χ3n) is 3.17. The highest BCUT2D eigenvalue weighted by Gasteiger charge is 2.09. The number of hydrogen-bond acceptors (Lipinski definition) is 3. The lowest BCUT2D eigenvalue weighted by atomic mass is 10.2. The van der Waals surface area contributed by atoms with E-state index in [0.717, 1.165) is 17.6 Å². The number of benzene rings is 1. The molecule has 0 saturated carbocycles. The molecule has 1 N–H and O–H groups in total. The van der Waals surface area contributed by atoms with Crippen LogP contribution in [0.15, 0.2) is 46.3 Å². The van der Waals surface area contributed by atoms with E-state index in [9.17, 15) is 4.79 Å². The van der Waals surface area contributed by atoms with Crippen LogP contribution in [0.25, 0.3) is 0 Å². The first kappa shape index (κ1) is 16.2. The molecule has 112 valence electrons. The number of halogens is 1. The summed E-state index contributed by atoms with van der Waals surface area (Å²) in [6.45, 7) is 4.76. The minimum atomic E-state index is 0.0716. The number of hydrogen-bond donors (Lipinski definition) is 1. The topological polar surface area (TPSA) is 32.3 Å². The summed E-state index contributed by atoms with van der Waals surface area (Å²) in [6.07, 6.45) is 0. The number of carbonyl (C=O) groups is 1. The van der Waals surface area contributed by atoms with Crippen molar-refractivity contribution in [1.82, 2.24) is 10.2 Å². The molecule has 0 atom stereocenters. The van der Waals surface area contributed by atoms with Gasteiger partial charge in [-0.2, -0.15) is 0 Å². The van der Waals surface area contributed by atoms with Gasteiger partial charge in [-0.15, -0.1) is 11.3 Å². The Morgan fingerprint density at radius 3 is 2.67 bits per heavy atom. The lowest BCUT2D eigenvalue weighted by Crippen LogP contribution is -2.36. The Labute approximate surface area is 138 Å². The highest BCUT2D eigenvalue weighted by molar-refractivity contribution is 9.10. The van der Waals surface area contributed by atoms with Gasteiger partial charge in [0.15, 0.2) is 0 Å².